The molecular weight excluding hydrogens is 270 g/mol. The highest BCUT2D eigenvalue weighted by Gasteiger charge is 2.17. The number of nitrogens with zero attached hydrogens (tertiary/aromatic N) is 2. The van der Waals surface area contributed by atoms with Crippen molar-refractivity contribution in [2.24, 2.45) is 0 Å². The Balaban J connectivity index is 3.11. The number of nitrogen functional groups attached to an aromatic ring is 1. The number of benzene rings is 1. The summed E-state index contributed by atoms with van der Waals surface area (Å²) in [5.41, 5.74) is 7.62. The zero-order chi connectivity index (χ0) is 16.0. The smallest absolute Gasteiger partial charge is 0.337 e. The van der Waals surface area contributed by atoms with Crippen LogP contribution in [0.3, 0.4) is 0 Å². The molecule has 6 heteroatoms. The number of esters is 1. The number of rotatable bonds is 6. The molecule has 0 saturated carbocycles. The van der Waals surface area contributed by atoms with Gasteiger partial charge in [-0.15, -0.1) is 0 Å². The van der Waals surface area contributed by atoms with E-state index in [1.807, 2.05) is 11.8 Å². The minimum Gasteiger partial charge on any atom is -0.465 e. The van der Waals surface area contributed by atoms with Gasteiger partial charge < -0.3 is 20.3 Å². The molecule has 0 aliphatic rings. The highest BCUT2D eigenvalue weighted by atomic mass is 16.5. The lowest BCUT2D eigenvalue weighted by atomic mass is 10.1. The Morgan fingerprint density at radius 2 is 1.95 bits per heavy atom. The van der Waals surface area contributed by atoms with Crippen LogP contribution in [0.4, 0.5) is 11.4 Å². The average molecular weight is 293 g/mol. The van der Waals surface area contributed by atoms with Gasteiger partial charge in [-0.2, -0.15) is 0 Å². The molecule has 0 bridgehead atoms. The van der Waals surface area contributed by atoms with Gasteiger partial charge >= 0.3 is 5.97 Å². The molecule has 1 aromatic carbocycles. The molecule has 116 valence electrons. The minimum absolute atomic E-state index is 0.0219. The molecule has 0 spiro atoms. The first-order valence-corrected chi connectivity index (χ1v) is 6.83. The molecule has 21 heavy (non-hydrogen) atoms. The maximum absolute atomic E-state index is 11.9. The third kappa shape index (κ3) is 4.37. The Bertz CT molecular complexity index is 515. The van der Waals surface area contributed by atoms with Crippen LogP contribution in [0, 0.1) is 0 Å². The molecular formula is C15H23N3O3. The summed E-state index contributed by atoms with van der Waals surface area (Å²) in [5, 5.41) is 0. The van der Waals surface area contributed by atoms with Crippen LogP contribution in [-0.2, 0) is 9.53 Å². The first kappa shape index (κ1) is 16.8. The molecule has 1 amide bonds. The summed E-state index contributed by atoms with van der Waals surface area (Å²) < 4.78 is 4.72. The predicted octanol–water partition coefficient (Wildman–Crippen LogP) is 1.36. The number of hydrogen-bond donors (Lipinski definition) is 1. The molecule has 0 aliphatic heterocycles. The summed E-state index contributed by atoms with van der Waals surface area (Å²) >= 11 is 0. The maximum Gasteiger partial charge on any atom is 0.337 e. The van der Waals surface area contributed by atoms with Crippen LogP contribution in [0.2, 0.25) is 0 Å². The zero-order valence-electron chi connectivity index (χ0n) is 13.0. The number of amides is 1. The zero-order valence-corrected chi connectivity index (χ0v) is 13.0. The van der Waals surface area contributed by atoms with Gasteiger partial charge in [-0.1, -0.05) is 6.92 Å². The van der Waals surface area contributed by atoms with Gasteiger partial charge in [0.15, 0.2) is 0 Å². The molecule has 0 atom stereocenters. The van der Waals surface area contributed by atoms with Crippen molar-refractivity contribution >= 4 is 23.3 Å². The first-order chi connectivity index (χ1) is 9.90. The van der Waals surface area contributed by atoms with Crippen molar-refractivity contribution in [1.29, 1.82) is 0 Å². The summed E-state index contributed by atoms with van der Waals surface area (Å²) in [7, 11) is 4.75. The fraction of sp³-hybridized carbons (Fsp3) is 0.467. The summed E-state index contributed by atoms with van der Waals surface area (Å²) in [6.07, 6.45) is 0.864. The van der Waals surface area contributed by atoms with Gasteiger partial charge in [-0.05, 0) is 24.6 Å². The second kappa shape index (κ2) is 7.52. The molecule has 2 N–H and O–H groups in total. The Morgan fingerprint density at radius 3 is 2.48 bits per heavy atom. The van der Waals surface area contributed by atoms with E-state index in [-0.39, 0.29) is 12.5 Å². The van der Waals surface area contributed by atoms with E-state index in [1.54, 1.807) is 32.3 Å². The summed E-state index contributed by atoms with van der Waals surface area (Å²) in [4.78, 5) is 27.0. The topological polar surface area (TPSA) is 75.9 Å². The summed E-state index contributed by atoms with van der Waals surface area (Å²) in [5.74, 6) is -0.446. The third-order valence-corrected chi connectivity index (χ3v) is 3.11. The molecule has 0 saturated heterocycles. The molecule has 0 aliphatic carbocycles. The van der Waals surface area contributed by atoms with Gasteiger partial charge in [0.1, 0.15) is 0 Å². The lowest BCUT2D eigenvalue weighted by Crippen LogP contribution is -2.37. The van der Waals surface area contributed by atoms with Gasteiger partial charge in [0.25, 0.3) is 0 Å². The second-order valence-electron chi connectivity index (χ2n) is 4.97. The van der Waals surface area contributed by atoms with Crippen LogP contribution in [-0.4, -0.2) is 51.1 Å². The van der Waals surface area contributed by atoms with E-state index < -0.39 is 5.97 Å². The van der Waals surface area contributed by atoms with Crippen molar-refractivity contribution in [3.05, 3.63) is 23.8 Å². The van der Waals surface area contributed by atoms with Crippen molar-refractivity contribution in [1.82, 2.24) is 4.90 Å². The number of carbonyl (C=O) groups is 2. The SMILES string of the molecule is CCCN(CC(=O)N(C)C)c1cc(C(=O)OC)ccc1N. The van der Waals surface area contributed by atoms with Crippen LogP contribution in [0.5, 0.6) is 0 Å². The number of likely N-dealkylation sites (N-methyl/N-ethyl adjacent to an activating group) is 1. The van der Waals surface area contributed by atoms with Gasteiger partial charge in [0.05, 0.1) is 30.6 Å². The predicted molar refractivity (Wildman–Crippen MR) is 83.4 cm³/mol. The summed E-state index contributed by atoms with van der Waals surface area (Å²) in [6, 6.07) is 4.94. The van der Waals surface area contributed by atoms with Crippen LogP contribution < -0.4 is 10.6 Å². The van der Waals surface area contributed by atoms with Gasteiger partial charge in [0, 0.05) is 20.6 Å². The number of anilines is 2. The van der Waals surface area contributed by atoms with E-state index in [0.717, 1.165) is 6.42 Å². The molecule has 0 fully saturated rings. The number of carbonyl (C=O) groups excluding carboxylic acids is 2. The van der Waals surface area contributed by atoms with E-state index in [2.05, 4.69) is 0 Å². The normalized spacial score (nSPS) is 10.1. The van der Waals surface area contributed by atoms with Crippen molar-refractivity contribution < 1.29 is 14.3 Å². The lowest BCUT2D eigenvalue weighted by Gasteiger charge is -2.26. The number of ether oxygens (including phenoxy) is 1. The van der Waals surface area contributed by atoms with Crippen molar-refractivity contribution in [3.63, 3.8) is 0 Å². The Morgan fingerprint density at radius 1 is 1.29 bits per heavy atom. The highest BCUT2D eigenvalue weighted by molar-refractivity contribution is 5.92. The van der Waals surface area contributed by atoms with Crippen LogP contribution in [0.1, 0.15) is 23.7 Å². The fourth-order valence-corrected chi connectivity index (χ4v) is 1.92. The van der Waals surface area contributed by atoms with Gasteiger partial charge in [-0.3, -0.25) is 4.79 Å². The standard InChI is InChI=1S/C15H23N3O3/c1-5-8-18(10-14(19)17(2)3)13-9-11(15(20)21-4)6-7-12(13)16/h6-7,9H,5,8,10,16H2,1-4H3. The number of nitrogens with two attached hydrogens (primary N) is 1. The quantitative estimate of drug-likeness (QED) is 0.633. The lowest BCUT2D eigenvalue weighted by molar-refractivity contribution is -0.127. The Labute approximate surface area is 125 Å². The molecule has 6 nitrogen and oxygen atoms in total. The van der Waals surface area contributed by atoms with Crippen LogP contribution in [0.25, 0.3) is 0 Å². The molecule has 0 aromatic heterocycles. The van der Waals surface area contributed by atoms with Crippen LogP contribution in [0.15, 0.2) is 18.2 Å². The number of methoxy groups -OCH3 is 1. The fourth-order valence-electron chi connectivity index (χ4n) is 1.92. The van der Waals surface area contributed by atoms with E-state index in [0.29, 0.717) is 23.5 Å². The molecule has 1 aromatic rings. The molecule has 0 heterocycles. The molecule has 0 unspecified atom stereocenters. The average Bonchev–Trinajstić information content (AvgIpc) is 2.46. The van der Waals surface area contributed by atoms with Crippen molar-refractivity contribution in [2.75, 3.05) is 44.9 Å². The Hall–Kier alpha value is -2.24. The number of hydrogen-bond acceptors (Lipinski definition) is 5. The van der Waals surface area contributed by atoms with E-state index in [9.17, 15) is 9.59 Å². The first-order valence-electron chi connectivity index (χ1n) is 6.83. The minimum atomic E-state index is -0.424. The van der Waals surface area contributed by atoms with E-state index in [4.69, 9.17) is 10.5 Å². The van der Waals surface area contributed by atoms with Crippen molar-refractivity contribution in [2.45, 2.75) is 13.3 Å². The van der Waals surface area contributed by atoms with Crippen LogP contribution >= 0.6 is 0 Å². The highest BCUT2D eigenvalue weighted by Crippen LogP contribution is 2.25. The second-order valence-corrected chi connectivity index (χ2v) is 4.97. The largest absolute Gasteiger partial charge is 0.465 e. The van der Waals surface area contributed by atoms with E-state index in [1.165, 1.54) is 12.0 Å². The van der Waals surface area contributed by atoms with Gasteiger partial charge in [0.2, 0.25) is 5.91 Å². The van der Waals surface area contributed by atoms with Crippen molar-refractivity contribution in [3.8, 4) is 0 Å². The Kier molecular flexibility index (Phi) is 6.02. The molecule has 0 radical (unpaired) electrons. The molecule has 1 rings (SSSR count). The van der Waals surface area contributed by atoms with E-state index >= 15 is 0 Å². The summed E-state index contributed by atoms with van der Waals surface area (Å²) in [6.45, 7) is 2.91. The third-order valence-electron chi connectivity index (χ3n) is 3.11. The maximum atomic E-state index is 11.9. The monoisotopic (exact) mass is 293 g/mol. The van der Waals surface area contributed by atoms with Gasteiger partial charge in [-0.25, -0.2) is 4.79 Å².